The van der Waals surface area contributed by atoms with Gasteiger partial charge in [0.25, 0.3) is 11.6 Å². The fraction of sp³-hybridized carbons (Fsp3) is 0.316. The molecule has 0 radical (unpaired) electrons. The van der Waals surface area contributed by atoms with Gasteiger partial charge < -0.3 is 15.0 Å². The van der Waals surface area contributed by atoms with Crippen molar-refractivity contribution in [2.45, 2.75) is 24.3 Å². The van der Waals surface area contributed by atoms with Crippen LogP contribution in [0.3, 0.4) is 0 Å². The van der Waals surface area contributed by atoms with Gasteiger partial charge in [0, 0.05) is 18.9 Å². The molecule has 0 saturated carbocycles. The zero-order valence-electron chi connectivity index (χ0n) is 16.0. The summed E-state index contributed by atoms with van der Waals surface area (Å²) in [6.45, 7) is 2.46. The molecular formula is C19H21N3O6S. The molecule has 2 aromatic rings. The number of carbonyl (C=O) groups excluding carboxylic acids is 1. The molecule has 29 heavy (non-hydrogen) atoms. The van der Waals surface area contributed by atoms with Crippen LogP contribution in [0.25, 0.3) is 0 Å². The van der Waals surface area contributed by atoms with Crippen molar-refractivity contribution in [2.75, 3.05) is 24.2 Å². The standard InChI is InChI=1S/C19H21N3O6S/c1-3-10-20-19(23)18-12-21(15-6-4-5-7-17(15)28-18)14-9-8-13(29(2,26)27)11-16(14)22(24)25/h4-9,11,18H,3,10,12H2,1-2H3,(H,20,23)/t18-/m1/s1. The molecule has 1 aliphatic rings. The molecule has 1 aliphatic heterocycles. The van der Waals surface area contributed by atoms with Gasteiger partial charge in [-0.2, -0.15) is 0 Å². The van der Waals surface area contributed by atoms with Gasteiger partial charge in [-0.05, 0) is 30.7 Å². The SMILES string of the molecule is CCCNC(=O)[C@H]1CN(c2ccc(S(C)(=O)=O)cc2[N+](=O)[O-])c2ccccc2O1. The van der Waals surface area contributed by atoms with Gasteiger partial charge in [-0.25, -0.2) is 8.42 Å². The molecule has 154 valence electrons. The number of fused-ring (bicyclic) bond motifs is 1. The summed E-state index contributed by atoms with van der Waals surface area (Å²) in [6, 6.07) is 10.6. The maximum atomic E-state index is 12.5. The van der Waals surface area contributed by atoms with E-state index in [2.05, 4.69) is 5.32 Å². The molecule has 0 unspecified atom stereocenters. The second-order valence-corrected chi connectivity index (χ2v) is 8.67. The third-order valence-corrected chi connectivity index (χ3v) is 5.59. The molecule has 10 heteroatoms. The van der Waals surface area contributed by atoms with Crippen LogP contribution in [0.5, 0.6) is 5.75 Å². The summed E-state index contributed by atoms with van der Waals surface area (Å²) >= 11 is 0. The molecule has 1 N–H and O–H groups in total. The Bertz CT molecular complexity index is 1050. The van der Waals surface area contributed by atoms with Gasteiger partial charge in [-0.3, -0.25) is 14.9 Å². The van der Waals surface area contributed by atoms with Gasteiger partial charge in [-0.15, -0.1) is 0 Å². The number of rotatable bonds is 6. The van der Waals surface area contributed by atoms with E-state index in [1.165, 1.54) is 12.1 Å². The van der Waals surface area contributed by atoms with Gasteiger partial charge in [0.15, 0.2) is 15.9 Å². The molecule has 2 aromatic carbocycles. The number of amides is 1. The van der Waals surface area contributed by atoms with Crippen LogP contribution in [0, 0.1) is 10.1 Å². The van der Waals surface area contributed by atoms with Crippen LogP contribution in [0.2, 0.25) is 0 Å². The lowest BCUT2D eigenvalue weighted by atomic mass is 10.1. The number of hydrogen-bond donors (Lipinski definition) is 1. The molecule has 3 rings (SSSR count). The maximum Gasteiger partial charge on any atom is 0.294 e. The normalized spacial score (nSPS) is 15.9. The highest BCUT2D eigenvalue weighted by Gasteiger charge is 2.34. The molecule has 0 saturated heterocycles. The second-order valence-electron chi connectivity index (χ2n) is 6.66. The van der Waals surface area contributed by atoms with Crippen LogP contribution in [0.4, 0.5) is 17.1 Å². The van der Waals surface area contributed by atoms with E-state index in [-0.39, 0.29) is 28.7 Å². The van der Waals surface area contributed by atoms with Crippen molar-refractivity contribution in [3.63, 3.8) is 0 Å². The van der Waals surface area contributed by atoms with Gasteiger partial charge in [-0.1, -0.05) is 19.1 Å². The fourth-order valence-corrected chi connectivity index (χ4v) is 3.71. The van der Waals surface area contributed by atoms with Crippen molar-refractivity contribution in [1.29, 1.82) is 0 Å². The number of nitrogens with zero attached hydrogens (tertiary/aromatic N) is 2. The van der Waals surface area contributed by atoms with Crippen molar-refractivity contribution >= 4 is 32.8 Å². The van der Waals surface area contributed by atoms with Crippen LogP contribution in [-0.2, 0) is 14.6 Å². The Morgan fingerprint density at radius 3 is 2.66 bits per heavy atom. The summed E-state index contributed by atoms with van der Waals surface area (Å²) in [7, 11) is -3.61. The summed E-state index contributed by atoms with van der Waals surface area (Å²) in [6.07, 6.45) is 0.881. The van der Waals surface area contributed by atoms with Gasteiger partial charge in [0.05, 0.1) is 22.1 Å². The third kappa shape index (κ3) is 4.32. The largest absolute Gasteiger partial charge is 0.477 e. The fourth-order valence-electron chi connectivity index (χ4n) is 3.07. The lowest BCUT2D eigenvalue weighted by Crippen LogP contribution is -2.47. The second kappa shape index (κ2) is 8.08. The molecule has 0 spiro atoms. The lowest BCUT2D eigenvalue weighted by molar-refractivity contribution is -0.384. The lowest BCUT2D eigenvalue weighted by Gasteiger charge is -2.35. The van der Waals surface area contributed by atoms with Crippen molar-refractivity contribution in [1.82, 2.24) is 5.32 Å². The first-order valence-electron chi connectivity index (χ1n) is 9.01. The molecule has 9 nitrogen and oxygen atoms in total. The summed E-state index contributed by atoms with van der Waals surface area (Å²) in [5, 5.41) is 14.5. The highest BCUT2D eigenvalue weighted by molar-refractivity contribution is 7.90. The van der Waals surface area contributed by atoms with Gasteiger partial charge >= 0.3 is 0 Å². The van der Waals surface area contributed by atoms with Crippen LogP contribution >= 0.6 is 0 Å². The average Bonchev–Trinajstić information content (AvgIpc) is 2.70. The number of anilines is 2. The predicted molar refractivity (Wildman–Crippen MR) is 107 cm³/mol. The number of sulfone groups is 1. The molecule has 1 amide bonds. The topological polar surface area (TPSA) is 119 Å². The van der Waals surface area contributed by atoms with E-state index in [1.807, 2.05) is 6.92 Å². The molecular weight excluding hydrogens is 398 g/mol. The van der Waals surface area contributed by atoms with Crippen LogP contribution in [-0.4, -0.2) is 44.7 Å². The first kappa shape index (κ1) is 20.6. The monoisotopic (exact) mass is 419 g/mol. The molecule has 0 aromatic heterocycles. The zero-order valence-corrected chi connectivity index (χ0v) is 16.8. The van der Waals surface area contributed by atoms with Crippen LogP contribution < -0.4 is 15.0 Å². The Labute approximate surface area is 168 Å². The van der Waals surface area contributed by atoms with Crippen LogP contribution in [0.1, 0.15) is 13.3 Å². The number of benzene rings is 2. The minimum Gasteiger partial charge on any atom is -0.477 e. The first-order valence-corrected chi connectivity index (χ1v) is 10.9. The van der Waals surface area contributed by atoms with E-state index in [9.17, 15) is 23.3 Å². The predicted octanol–water partition coefficient (Wildman–Crippen LogP) is 2.42. The minimum absolute atomic E-state index is 0.0472. The minimum atomic E-state index is -3.61. The zero-order chi connectivity index (χ0) is 21.2. The molecule has 1 heterocycles. The highest BCUT2D eigenvalue weighted by Crippen LogP contribution is 2.42. The van der Waals surface area contributed by atoms with Crippen LogP contribution in [0.15, 0.2) is 47.4 Å². The van der Waals surface area contributed by atoms with Crippen molar-refractivity contribution in [3.05, 3.63) is 52.6 Å². The van der Waals surface area contributed by atoms with Gasteiger partial charge in [0.2, 0.25) is 0 Å². The van der Waals surface area contributed by atoms with Crippen molar-refractivity contribution in [3.8, 4) is 5.75 Å². The molecule has 0 fully saturated rings. The third-order valence-electron chi connectivity index (χ3n) is 4.48. The maximum absolute atomic E-state index is 12.5. The molecule has 0 bridgehead atoms. The van der Waals surface area contributed by atoms with Gasteiger partial charge in [0.1, 0.15) is 11.4 Å². The Kier molecular flexibility index (Phi) is 5.73. The smallest absolute Gasteiger partial charge is 0.294 e. The van der Waals surface area contributed by atoms with E-state index in [0.717, 1.165) is 18.7 Å². The number of para-hydroxylation sites is 2. The Morgan fingerprint density at radius 2 is 2.00 bits per heavy atom. The van der Waals surface area contributed by atoms with E-state index in [4.69, 9.17) is 4.74 Å². The average molecular weight is 419 g/mol. The molecule has 0 aliphatic carbocycles. The number of ether oxygens (including phenoxy) is 1. The summed E-state index contributed by atoms with van der Waals surface area (Å²) in [5.41, 5.74) is 0.381. The van der Waals surface area contributed by atoms with E-state index in [1.54, 1.807) is 29.2 Å². The van der Waals surface area contributed by atoms with E-state index in [0.29, 0.717) is 18.0 Å². The highest BCUT2D eigenvalue weighted by atomic mass is 32.2. The van der Waals surface area contributed by atoms with E-state index >= 15 is 0 Å². The molecule has 1 atom stereocenters. The Morgan fingerprint density at radius 1 is 1.28 bits per heavy atom. The summed E-state index contributed by atoms with van der Waals surface area (Å²) in [5.74, 6) is 0.0960. The number of hydrogen-bond acceptors (Lipinski definition) is 7. The van der Waals surface area contributed by atoms with Crippen molar-refractivity contribution < 1.29 is 22.9 Å². The Balaban J connectivity index is 2.08. The number of carbonyl (C=O) groups is 1. The number of nitro benzene ring substituents is 1. The summed E-state index contributed by atoms with van der Waals surface area (Å²) < 4.78 is 29.5. The first-order chi connectivity index (χ1) is 13.7. The number of nitro groups is 1. The van der Waals surface area contributed by atoms with E-state index < -0.39 is 20.9 Å². The quantitative estimate of drug-likeness (QED) is 0.564. The van der Waals surface area contributed by atoms with Crippen molar-refractivity contribution in [2.24, 2.45) is 0 Å². The summed E-state index contributed by atoms with van der Waals surface area (Å²) in [4.78, 5) is 25.0. The number of nitrogens with one attached hydrogen (secondary N) is 1. The Hall–Kier alpha value is -3.14.